The van der Waals surface area contributed by atoms with Gasteiger partial charge in [0.25, 0.3) is 5.91 Å². The molecule has 5 nitrogen and oxygen atoms in total. The third-order valence-electron chi connectivity index (χ3n) is 5.73. The van der Waals surface area contributed by atoms with Crippen molar-refractivity contribution in [3.05, 3.63) is 95.3 Å². The van der Waals surface area contributed by atoms with Crippen LogP contribution in [0.2, 0.25) is 0 Å². The molecule has 7 heteroatoms. The third kappa shape index (κ3) is 4.94. The number of hydrogen-bond acceptors (Lipinski definition) is 4. The molecule has 4 rings (SSSR count). The van der Waals surface area contributed by atoms with E-state index in [9.17, 15) is 13.6 Å². The van der Waals surface area contributed by atoms with E-state index in [1.54, 1.807) is 30.5 Å². The molecule has 2 aromatic carbocycles. The summed E-state index contributed by atoms with van der Waals surface area (Å²) in [6.45, 7) is 5.48. The Labute approximate surface area is 186 Å². The van der Waals surface area contributed by atoms with E-state index in [0.29, 0.717) is 12.2 Å². The van der Waals surface area contributed by atoms with Gasteiger partial charge in [0.1, 0.15) is 17.3 Å². The number of carbonyl (C=O) groups is 1. The zero-order valence-electron chi connectivity index (χ0n) is 18.0. The summed E-state index contributed by atoms with van der Waals surface area (Å²) in [5.74, 6) is -0.741. The van der Waals surface area contributed by atoms with E-state index in [4.69, 9.17) is 0 Å². The van der Waals surface area contributed by atoms with Crippen LogP contribution in [0.25, 0.3) is 0 Å². The summed E-state index contributed by atoms with van der Waals surface area (Å²) in [5, 5.41) is 2.78. The number of benzene rings is 2. The van der Waals surface area contributed by atoms with Crippen LogP contribution in [0.4, 0.5) is 14.5 Å². The van der Waals surface area contributed by atoms with E-state index in [2.05, 4.69) is 20.1 Å². The van der Waals surface area contributed by atoms with Gasteiger partial charge in [-0.1, -0.05) is 24.3 Å². The van der Waals surface area contributed by atoms with E-state index < -0.39 is 0 Å². The molecule has 32 heavy (non-hydrogen) atoms. The Balaban J connectivity index is 1.53. The number of amides is 1. The second-order valence-electron chi connectivity index (χ2n) is 7.79. The Morgan fingerprint density at radius 3 is 2.03 bits per heavy atom. The third-order valence-corrected chi connectivity index (χ3v) is 5.73. The van der Waals surface area contributed by atoms with Gasteiger partial charge >= 0.3 is 0 Å². The molecule has 1 aliphatic heterocycles. The fraction of sp³-hybridized carbons (Fsp3) is 0.280. The molecule has 0 unspecified atom stereocenters. The van der Waals surface area contributed by atoms with E-state index in [0.717, 1.165) is 43.0 Å². The molecule has 0 atom stereocenters. The Bertz CT molecular complexity index is 1000. The molecule has 166 valence electrons. The van der Waals surface area contributed by atoms with Crippen molar-refractivity contribution < 1.29 is 13.6 Å². The van der Waals surface area contributed by atoms with Crippen LogP contribution in [0.1, 0.15) is 34.6 Å². The molecular weight excluding hydrogens is 410 g/mol. The molecule has 0 radical (unpaired) electrons. The first kappa shape index (κ1) is 21.9. The Morgan fingerprint density at radius 1 is 0.938 bits per heavy atom. The lowest BCUT2D eigenvalue weighted by molar-refractivity contribution is 0.0951. The molecule has 1 saturated heterocycles. The van der Waals surface area contributed by atoms with Crippen molar-refractivity contribution in [2.75, 3.05) is 37.6 Å². The first-order valence-electron chi connectivity index (χ1n) is 10.8. The summed E-state index contributed by atoms with van der Waals surface area (Å²) < 4.78 is 27.0. The average Bonchev–Trinajstić information content (AvgIpc) is 2.82. The van der Waals surface area contributed by atoms with Gasteiger partial charge in [-0.25, -0.2) is 8.78 Å². The number of aromatic nitrogens is 1. The van der Waals surface area contributed by atoms with Crippen LogP contribution in [0, 0.1) is 11.6 Å². The van der Waals surface area contributed by atoms with Gasteiger partial charge in [0.15, 0.2) is 0 Å². The molecule has 0 aliphatic carbocycles. The molecule has 1 amide bonds. The molecule has 0 bridgehead atoms. The Hall–Kier alpha value is -3.32. The molecular formula is C25H26F2N4O. The minimum atomic E-state index is -0.281. The number of hydrogen-bond donors (Lipinski definition) is 1. The van der Waals surface area contributed by atoms with Crippen LogP contribution in [0.3, 0.4) is 0 Å². The van der Waals surface area contributed by atoms with E-state index >= 15 is 0 Å². The van der Waals surface area contributed by atoms with Crippen LogP contribution in [0.15, 0.2) is 66.9 Å². The van der Waals surface area contributed by atoms with Crippen molar-refractivity contribution in [3.63, 3.8) is 0 Å². The number of halogens is 2. The highest BCUT2D eigenvalue weighted by Gasteiger charge is 2.27. The lowest BCUT2D eigenvalue weighted by Gasteiger charge is -2.40. The van der Waals surface area contributed by atoms with Gasteiger partial charge in [-0.2, -0.15) is 0 Å². The summed E-state index contributed by atoms with van der Waals surface area (Å²) in [6.07, 6.45) is 1.66. The molecule has 1 fully saturated rings. The first-order chi connectivity index (χ1) is 15.5. The Kier molecular flexibility index (Phi) is 6.75. The molecule has 3 aromatic rings. The number of carbonyl (C=O) groups excluding carboxylic acids is 1. The SMILES string of the molecule is CCNC(=O)c1cc(N2CCN(C(c3ccc(F)cc3)c3ccc(F)cc3)CC2)ccn1. The largest absolute Gasteiger partial charge is 0.369 e. The van der Waals surface area contributed by atoms with Gasteiger partial charge in [-0.15, -0.1) is 0 Å². The second-order valence-corrected chi connectivity index (χ2v) is 7.79. The lowest BCUT2D eigenvalue weighted by atomic mass is 9.96. The summed E-state index contributed by atoms with van der Waals surface area (Å²) >= 11 is 0. The molecule has 1 aliphatic rings. The molecule has 0 saturated carbocycles. The van der Waals surface area contributed by atoms with Gasteiger partial charge in [-0.3, -0.25) is 14.7 Å². The zero-order chi connectivity index (χ0) is 22.5. The lowest BCUT2D eigenvalue weighted by Crippen LogP contribution is -2.48. The standard InChI is InChI=1S/C25H26F2N4O/c1-2-28-25(32)23-17-22(11-12-29-23)30-13-15-31(16-14-30)24(18-3-7-20(26)8-4-18)19-5-9-21(27)10-6-19/h3-12,17,24H,2,13-16H2,1H3,(H,28,32). The van der Waals surface area contributed by atoms with Crippen molar-refractivity contribution in [3.8, 4) is 0 Å². The van der Waals surface area contributed by atoms with Crippen molar-refractivity contribution in [1.82, 2.24) is 15.2 Å². The molecule has 0 spiro atoms. The maximum atomic E-state index is 13.5. The number of nitrogens with one attached hydrogen (secondary N) is 1. The zero-order valence-corrected chi connectivity index (χ0v) is 18.0. The van der Waals surface area contributed by atoms with Crippen molar-refractivity contribution in [2.45, 2.75) is 13.0 Å². The number of anilines is 1. The minimum absolute atomic E-state index is 0.0957. The summed E-state index contributed by atoms with van der Waals surface area (Å²) in [5.41, 5.74) is 3.30. The summed E-state index contributed by atoms with van der Waals surface area (Å²) in [6, 6.07) is 16.6. The second kappa shape index (κ2) is 9.87. The van der Waals surface area contributed by atoms with Crippen molar-refractivity contribution in [2.24, 2.45) is 0 Å². The minimum Gasteiger partial charge on any atom is -0.369 e. The van der Waals surface area contributed by atoms with Gasteiger partial charge in [-0.05, 0) is 54.4 Å². The topological polar surface area (TPSA) is 48.5 Å². The summed E-state index contributed by atoms with van der Waals surface area (Å²) in [7, 11) is 0. The van der Waals surface area contributed by atoms with Crippen LogP contribution in [-0.4, -0.2) is 48.5 Å². The highest BCUT2D eigenvalue weighted by Crippen LogP contribution is 2.31. The van der Waals surface area contributed by atoms with Crippen molar-refractivity contribution in [1.29, 1.82) is 0 Å². The van der Waals surface area contributed by atoms with Gasteiger partial charge in [0.05, 0.1) is 6.04 Å². The fourth-order valence-electron chi connectivity index (χ4n) is 4.13. The predicted octanol–water partition coefficient (Wildman–Crippen LogP) is 4.02. The van der Waals surface area contributed by atoms with Crippen LogP contribution >= 0.6 is 0 Å². The quantitative estimate of drug-likeness (QED) is 0.634. The average molecular weight is 437 g/mol. The fourth-order valence-corrected chi connectivity index (χ4v) is 4.13. The number of nitrogens with zero attached hydrogens (tertiary/aromatic N) is 3. The Morgan fingerprint density at radius 2 is 1.50 bits per heavy atom. The van der Waals surface area contributed by atoms with Crippen LogP contribution < -0.4 is 10.2 Å². The monoisotopic (exact) mass is 436 g/mol. The van der Waals surface area contributed by atoms with Crippen molar-refractivity contribution >= 4 is 11.6 Å². The maximum absolute atomic E-state index is 13.5. The predicted molar refractivity (Wildman–Crippen MR) is 121 cm³/mol. The van der Waals surface area contributed by atoms with Crippen LogP contribution in [0.5, 0.6) is 0 Å². The smallest absolute Gasteiger partial charge is 0.269 e. The number of pyridine rings is 1. The highest BCUT2D eigenvalue weighted by molar-refractivity contribution is 5.93. The molecule has 1 N–H and O–H groups in total. The molecule has 1 aromatic heterocycles. The van der Waals surface area contributed by atoms with E-state index in [1.165, 1.54) is 24.3 Å². The maximum Gasteiger partial charge on any atom is 0.269 e. The van der Waals surface area contributed by atoms with Gasteiger partial charge < -0.3 is 10.2 Å². The van der Waals surface area contributed by atoms with E-state index in [-0.39, 0.29) is 23.6 Å². The summed E-state index contributed by atoms with van der Waals surface area (Å²) in [4.78, 5) is 20.9. The first-order valence-corrected chi connectivity index (χ1v) is 10.8. The van der Waals surface area contributed by atoms with Gasteiger partial charge in [0.2, 0.25) is 0 Å². The highest BCUT2D eigenvalue weighted by atomic mass is 19.1. The number of rotatable bonds is 6. The number of piperazine rings is 1. The van der Waals surface area contributed by atoms with Crippen LogP contribution in [-0.2, 0) is 0 Å². The molecule has 2 heterocycles. The van der Waals surface area contributed by atoms with Gasteiger partial charge in [0, 0.05) is 44.6 Å². The van der Waals surface area contributed by atoms with E-state index in [1.807, 2.05) is 19.1 Å². The normalized spacial score (nSPS) is 14.6.